The van der Waals surface area contributed by atoms with Gasteiger partial charge in [0.25, 0.3) is 10.2 Å². The van der Waals surface area contributed by atoms with Crippen molar-refractivity contribution < 1.29 is 13.2 Å². The van der Waals surface area contributed by atoms with E-state index in [-0.39, 0.29) is 6.54 Å². The summed E-state index contributed by atoms with van der Waals surface area (Å²) >= 11 is 0. The second kappa shape index (κ2) is 13.4. The lowest BCUT2D eigenvalue weighted by Crippen LogP contribution is -2.31. The Labute approximate surface area is 253 Å². The normalized spacial score (nSPS) is 11.5. The molecule has 0 aliphatic rings. The number of H-pyrrole nitrogens is 1. The molecule has 9 heteroatoms. The Morgan fingerprint density at radius 2 is 1.44 bits per heavy atom. The lowest BCUT2D eigenvalue weighted by atomic mass is 10.1. The molecule has 0 amide bonds. The van der Waals surface area contributed by atoms with Crippen LogP contribution in [0.15, 0.2) is 103 Å². The molecule has 5 aromatic rings. The number of imidazole rings is 1. The molecular formula is C34H35N5O3S. The summed E-state index contributed by atoms with van der Waals surface area (Å²) in [6, 6.07) is 33.0. The van der Waals surface area contributed by atoms with E-state index in [1.807, 2.05) is 93.0 Å². The van der Waals surface area contributed by atoms with Crippen LogP contribution in [0.2, 0.25) is 0 Å². The van der Waals surface area contributed by atoms with E-state index in [4.69, 9.17) is 9.72 Å². The fourth-order valence-corrected chi connectivity index (χ4v) is 5.44. The van der Waals surface area contributed by atoms with E-state index in [1.54, 1.807) is 19.2 Å². The van der Waals surface area contributed by atoms with Crippen molar-refractivity contribution in [3.63, 3.8) is 0 Å². The van der Waals surface area contributed by atoms with Gasteiger partial charge in [0, 0.05) is 55.3 Å². The summed E-state index contributed by atoms with van der Waals surface area (Å²) in [5.41, 5.74) is 7.13. The van der Waals surface area contributed by atoms with Crippen molar-refractivity contribution in [1.29, 1.82) is 0 Å². The third-order valence-corrected chi connectivity index (χ3v) is 7.99. The molecule has 0 saturated carbocycles. The van der Waals surface area contributed by atoms with E-state index in [1.165, 1.54) is 0 Å². The van der Waals surface area contributed by atoms with Crippen LogP contribution in [0, 0.1) is 0 Å². The van der Waals surface area contributed by atoms with Crippen LogP contribution >= 0.6 is 0 Å². The third kappa shape index (κ3) is 7.91. The molecular weight excluding hydrogens is 558 g/mol. The molecule has 43 heavy (non-hydrogen) atoms. The van der Waals surface area contributed by atoms with Crippen LogP contribution in [0.25, 0.3) is 34.8 Å². The van der Waals surface area contributed by atoms with Gasteiger partial charge in [0.05, 0.1) is 12.8 Å². The predicted molar refractivity (Wildman–Crippen MR) is 176 cm³/mol. The largest absolute Gasteiger partial charge is 0.497 e. The average Bonchev–Trinajstić information content (AvgIpc) is 3.45. The van der Waals surface area contributed by atoms with E-state index >= 15 is 0 Å². The van der Waals surface area contributed by atoms with E-state index in [0.717, 1.165) is 50.9 Å². The minimum absolute atomic E-state index is 0.183. The second-order valence-corrected chi connectivity index (χ2v) is 11.7. The number of benzene rings is 4. The number of anilines is 2. The molecule has 0 fully saturated rings. The Bertz CT molecular complexity index is 1760. The highest BCUT2D eigenvalue weighted by molar-refractivity contribution is 7.90. The molecule has 220 valence electrons. The highest BCUT2D eigenvalue weighted by atomic mass is 32.2. The van der Waals surface area contributed by atoms with E-state index in [9.17, 15) is 8.42 Å². The fourth-order valence-electron chi connectivity index (χ4n) is 4.55. The summed E-state index contributed by atoms with van der Waals surface area (Å²) in [6.45, 7) is 0.183. The molecule has 0 unspecified atom stereocenters. The molecule has 0 bridgehead atoms. The van der Waals surface area contributed by atoms with Gasteiger partial charge in [-0.15, -0.1) is 0 Å². The number of hydrogen-bond acceptors (Lipinski definition) is 5. The van der Waals surface area contributed by atoms with Crippen molar-refractivity contribution >= 4 is 33.7 Å². The number of ether oxygens (including phenoxy) is 1. The standard InChI is InChI=1S/C34H35N5O3S/c1-39(2)30-19-13-26(14-20-30)10-9-25-11-17-29(18-12-25)38-43(40,41)35-24-23-32-33(27-15-21-31(42-3)22-16-27)37-34(36-32)28-7-5-4-6-8-28/h4-22,35,38H,23-24H2,1-3H3,(H,36,37). The second-order valence-electron chi connectivity index (χ2n) is 10.2. The molecule has 5 rings (SSSR count). The highest BCUT2D eigenvalue weighted by Crippen LogP contribution is 2.28. The maximum Gasteiger partial charge on any atom is 0.299 e. The van der Waals surface area contributed by atoms with Crippen molar-refractivity contribution in [3.05, 3.63) is 120 Å². The highest BCUT2D eigenvalue weighted by Gasteiger charge is 2.16. The van der Waals surface area contributed by atoms with Crippen LogP contribution in [0.4, 0.5) is 11.4 Å². The van der Waals surface area contributed by atoms with Gasteiger partial charge in [0.1, 0.15) is 11.6 Å². The molecule has 8 nitrogen and oxygen atoms in total. The first-order chi connectivity index (χ1) is 20.8. The summed E-state index contributed by atoms with van der Waals surface area (Å²) in [6.07, 6.45) is 4.44. The number of aromatic nitrogens is 2. The monoisotopic (exact) mass is 593 g/mol. The lowest BCUT2D eigenvalue weighted by molar-refractivity contribution is 0.415. The minimum atomic E-state index is -3.79. The van der Waals surface area contributed by atoms with Gasteiger partial charge in [-0.25, -0.2) is 4.98 Å². The predicted octanol–water partition coefficient (Wildman–Crippen LogP) is 6.48. The van der Waals surface area contributed by atoms with Crippen LogP contribution < -0.4 is 19.1 Å². The van der Waals surface area contributed by atoms with Crippen LogP contribution in [0.5, 0.6) is 5.75 Å². The van der Waals surface area contributed by atoms with Crippen molar-refractivity contribution in [2.75, 3.05) is 37.4 Å². The number of nitrogens with zero attached hydrogens (tertiary/aromatic N) is 2. The lowest BCUT2D eigenvalue weighted by Gasteiger charge is -2.11. The number of hydrogen-bond donors (Lipinski definition) is 3. The van der Waals surface area contributed by atoms with Crippen molar-refractivity contribution in [3.8, 4) is 28.4 Å². The quantitative estimate of drug-likeness (QED) is 0.144. The van der Waals surface area contributed by atoms with Crippen molar-refractivity contribution in [2.24, 2.45) is 0 Å². The summed E-state index contributed by atoms with van der Waals surface area (Å²) in [5, 5.41) is 0. The maximum absolute atomic E-state index is 12.8. The van der Waals surface area contributed by atoms with Gasteiger partial charge in [0.2, 0.25) is 0 Å². The maximum atomic E-state index is 12.8. The van der Waals surface area contributed by atoms with Gasteiger partial charge < -0.3 is 14.6 Å². The van der Waals surface area contributed by atoms with Gasteiger partial charge in [-0.3, -0.25) is 4.72 Å². The van der Waals surface area contributed by atoms with Crippen LogP contribution in [-0.2, 0) is 16.6 Å². The van der Waals surface area contributed by atoms with Gasteiger partial charge >= 0.3 is 0 Å². The Balaban J connectivity index is 1.22. The molecule has 0 aliphatic heterocycles. The van der Waals surface area contributed by atoms with Gasteiger partial charge in [-0.05, 0) is 59.7 Å². The van der Waals surface area contributed by atoms with Gasteiger partial charge in [0.15, 0.2) is 0 Å². The van der Waals surface area contributed by atoms with Gasteiger partial charge in [-0.2, -0.15) is 13.1 Å². The van der Waals surface area contributed by atoms with Crippen LogP contribution in [0.3, 0.4) is 0 Å². The number of methoxy groups -OCH3 is 1. The summed E-state index contributed by atoms with van der Waals surface area (Å²) in [5.74, 6) is 1.48. The molecule has 1 aromatic heterocycles. The first kappa shape index (κ1) is 29.6. The zero-order valence-electron chi connectivity index (χ0n) is 24.4. The molecule has 0 atom stereocenters. The Morgan fingerprint density at radius 1 is 0.814 bits per heavy atom. The van der Waals surface area contributed by atoms with Crippen LogP contribution in [0.1, 0.15) is 16.8 Å². The van der Waals surface area contributed by atoms with E-state index in [2.05, 4.69) is 43.6 Å². The first-order valence-corrected chi connectivity index (χ1v) is 15.4. The van der Waals surface area contributed by atoms with E-state index < -0.39 is 10.2 Å². The molecule has 1 heterocycles. The molecule has 0 saturated heterocycles. The summed E-state index contributed by atoms with van der Waals surface area (Å²) in [7, 11) is 1.86. The zero-order chi connectivity index (χ0) is 30.2. The summed E-state index contributed by atoms with van der Waals surface area (Å²) in [4.78, 5) is 10.3. The number of rotatable bonds is 12. The Morgan fingerprint density at radius 3 is 2.05 bits per heavy atom. The molecule has 0 radical (unpaired) electrons. The molecule has 0 aliphatic carbocycles. The summed E-state index contributed by atoms with van der Waals surface area (Å²) < 4.78 is 36.2. The first-order valence-electron chi connectivity index (χ1n) is 13.9. The van der Waals surface area contributed by atoms with Crippen LogP contribution in [-0.4, -0.2) is 46.1 Å². The number of aromatic amines is 1. The number of nitrogens with one attached hydrogen (secondary N) is 3. The van der Waals surface area contributed by atoms with Crippen molar-refractivity contribution in [2.45, 2.75) is 6.42 Å². The van der Waals surface area contributed by atoms with Crippen molar-refractivity contribution in [1.82, 2.24) is 14.7 Å². The Hall–Kier alpha value is -4.86. The Kier molecular flexibility index (Phi) is 9.24. The average molecular weight is 594 g/mol. The van der Waals surface area contributed by atoms with E-state index in [0.29, 0.717) is 12.1 Å². The molecule has 3 N–H and O–H groups in total. The fraction of sp³-hybridized carbons (Fsp3) is 0.147. The SMILES string of the molecule is COc1ccc(-c2nc(-c3ccccc3)[nH]c2CCNS(=O)(=O)Nc2ccc(C=Cc3ccc(N(C)C)cc3)cc2)cc1. The third-order valence-electron chi connectivity index (χ3n) is 6.90. The molecule has 0 spiro atoms. The topological polar surface area (TPSA) is 99.3 Å². The minimum Gasteiger partial charge on any atom is -0.497 e. The molecule has 4 aromatic carbocycles. The smallest absolute Gasteiger partial charge is 0.299 e. The zero-order valence-corrected chi connectivity index (χ0v) is 25.2. The van der Waals surface area contributed by atoms with Gasteiger partial charge in [-0.1, -0.05) is 66.7 Å².